The lowest BCUT2D eigenvalue weighted by atomic mass is 10.0. The average molecular weight is 440 g/mol. The van der Waals surface area contributed by atoms with Crippen LogP contribution in [0.2, 0.25) is 0 Å². The van der Waals surface area contributed by atoms with Crippen LogP contribution in [0.4, 0.5) is 0 Å². The van der Waals surface area contributed by atoms with Gasteiger partial charge in [-0.05, 0) is 31.9 Å². The molecular weight excluding hydrogens is 420 g/mol. The molecule has 9 nitrogen and oxygen atoms in total. The number of carbonyl (C=O) groups is 5. The quantitative estimate of drug-likeness (QED) is 0.669. The lowest BCUT2D eigenvalue weighted by Crippen LogP contribution is -2.54. The maximum Gasteiger partial charge on any atom is 0.262 e. The van der Waals surface area contributed by atoms with Gasteiger partial charge >= 0.3 is 0 Å². The number of thiazole rings is 1. The molecule has 31 heavy (non-hydrogen) atoms. The van der Waals surface area contributed by atoms with Crippen molar-refractivity contribution in [1.82, 2.24) is 20.5 Å². The maximum absolute atomic E-state index is 13.1. The zero-order chi connectivity index (χ0) is 22.3. The van der Waals surface area contributed by atoms with Gasteiger partial charge in [0.2, 0.25) is 17.7 Å². The Balaban J connectivity index is 1.51. The molecule has 10 heteroatoms. The van der Waals surface area contributed by atoms with E-state index in [0.717, 1.165) is 14.8 Å². The van der Waals surface area contributed by atoms with E-state index in [-0.39, 0.29) is 42.8 Å². The largest absolute Gasteiger partial charge is 0.352 e. The van der Waals surface area contributed by atoms with Crippen LogP contribution in [0.1, 0.15) is 54.7 Å². The zero-order valence-electron chi connectivity index (χ0n) is 17.0. The van der Waals surface area contributed by atoms with Crippen LogP contribution in [0.15, 0.2) is 18.2 Å². The summed E-state index contributed by atoms with van der Waals surface area (Å²) in [6.07, 6.45) is 0.275. The number of imide groups is 2. The number of hydrogen-bond acceptors (Lipinski definition) is 7. The molecule has 0 bridgehead atoms. The number of nitrogens with one attached hydrogen (secondary N) is 2. The van der Waals surface area contributed by atoms with Gasteiger partial charge in [-0.2, -0.15) is 0 Å². The van der Waals surface area contributed by atoms with E-state index in [1.54, 1.807) is 12.1 Å². The second kappa shape index (κ2) is 8.03. The molecule has 1 unspecified atom stereocenters. The van der Waals surface area contributed by atoms with Crippen molar-refractivity contribution < 1.29 is 24.0 Å². The highest BCUT2D eigenvalue weighted by Crippen LogP contribution is 2.30. The van der Waals surface area contributed by atoms with Crippen LogP contribution in [0.25, 0.3) is 0 Å². The van der Waals surface area contributed by atoms with E-state index in [2.05, 4.69) is 15.6 Å². The Labute approximate surface area is 181 Å². The van der Waals surface area contributed by atoms with Crippen molar-refractivity contribution in [2.75, 3.05) is 0 Å². The van der Waals surface area contributed by atoms with Crippen LogP contribution >= 0.6 is 11.3 Å². The standard InChI is InChI=1S/C21H20N4O5S/c1-10-14(23-11(2)31-10)8-17(27)22-9-12-4-3-5-13-18(12)21(30)25(20(13)29)15-6-7-16(26)24-19(15)28/h3-5,15H,6-9H2,1-2H3,(H,22,27)(H,24,26,28). The molecule has 0 aliphatic carbocycles. The van der Waals surface area contributed by atoms with Crippen LogP contribution in [0.3, 0.4) is 0 Å². The maximum atomic E-state index is 13.1. The van der Waals surface area contributed by atoms with Crippen molar-refractivity contribution in [3.63, 3.8) is 0 Å². The van der Waals surface area contributed by atoms with Crippen molar-refractivity contribution in [2.24, 2.45) is 0 Å². The van der Waals surface area contributed by atoms with Crippen LogP contribution in [-0.4, -0.2) is 45.5 Å². The number of rotatable bonds is 5. The van der Waals surface area contributed by atoms with Crippen molar-refractivity contribution in [3.8, 4) is 0 Å². The highest BCUT2D eigenvalue weighted by molar-refractivity contribution is 7.11. The molecular formula is C21H20N4O5S. The van der Waals surface area contributed by atoms with Gasteiger partial charge in [0.15, 0.2) is 0 Å². The Morgan fingerprint density at radius 3 is 2.68 bits per heavy atom. The predicted molar refractivity (Wildman–Crippen MR) is 110 cm³/mol. The van der Waals surface area contributed by atoms with E-state index in [1.165, 1.54) is 17.4 Å². The summed E-state index contributed by atoms with van der Waals surface area (Å²) < 4.78 is 0. The molecule has 4 rings (SSSR count). The molecule has 1 fully saturated rings. The normalized spacial score (nSPS) is 18.3. The molecule has 1 aromatic carbocycles. The number of piperidine rings is 1. The first-order chi connectivity index (χ1) is 14.8. The monoisotopic (exact) mass is 440 g/mol. The minimum Gasteiger partial charge on any atom is -0.352 e. The van der Waals surface area contributed by atoms with Gasteiger partial charge in [-0.25, -0.2) is 4.98 Å². The fourth-order valence-corrected chi connectivity index (χ4v) is 4.71. The van der Waals surface area contributed by atoms with E-state index in [9.17, 15) is 24.0 Å². The molecule has 0 spiro atoms. The van der Waals surface area contributed by atoms with E-state index >= 15 is 0 Å². The topological polar surface area (TPSA) is 126 Å². The first-order valence-electron chi connectivity index (χ1n) is 9.79. The Morgan fingerprint density at radius 1 is 1.23 bits per heavy atom. The van der Waals surface area contributed by atoms with E-state index in [4.69, 9.17) is 0 Å². The summed E-state index contributed by atoms with van der Waals surface area (Å²) in [6.45, 7) is 3.85. The van der Waals surface area contributed by atoms with Gasteiger partial charge in [0.25, 0.3) is 11.8 Å². The van der Waals surface area contributed by atoms with Gasteiger partial charge < -0.3 is 5.32 Å². The Morgan fingerprint density at radius 2 is 2.00 bits per heavy atom. The molecule has 1 aromatic heterocycles. The van der Waals surface area contributed by atoms with Crippen LogP contribution in [-0.2, 0) is 27.3 Å². The molecule has 2 N–H and O–H groups in total. The van der Waals surface area contributed by atoms with Gasteiger partial charge in [-0.15, -0.1) is 11.3 Å². The molecule has 0 saturated carbocycles. The molecule has 160 valence electrons. The molecule has 5 amide bonds. The predicted octanol–water partition coefficient (Wildman–Crippen LogP) is 1.02. The van der Waals surface area contributed by atoms with Gasteiger partial charge in [-0.1, -0.05) is 12.1 Å². The third-order valence-corrected chi connectivity index (χ3v) is 6.29. The number of hydrogen-bond donors (Lipinski definition) is 2. The smallest absolute Gasteiger partial charge is 0.262 e. The van der Waals surface area contributed by atoms with Crippen LogP contribution < -0.4 is 10.6 Å². The minimum atomic E-state index is -1.02. The van der Waals surface area contributed by atoms with Crippen LogP contribution in [0.5, 0.6) is 0 Å². The number of nitrogens with zero attached hydrogens (tertiary/aromatic N) is 2. The fraction of sp³-hybridized carbons (Fsp3) is 0.333. The van der Waals surface area contributed by atoms with Crippen molar-refractivity contribution in [2.45, 2.75) is 45.7 Å². The summed E-state index contributed by atoms with van der Waals surface area (Å²) in [7, 11) is 0. The third kappa shape index (κ3) is 3.86. The number of fused-ring (bicyclic) bond motifs is 1. The summed E-state index contributed by atoms with van der Waals surface area (Å²) in [5.74, 6) is -2.49. The van der Waals surface area contributed by atoms with Crippen molar-refractivity contribution in [1.29, 1.82) is 0 Å². The summed E-state index contributed by atoms with van der Waals surface area (Å²) in [6, 6.07) is 3.79. The van der Waals surface area contributed by atoms with Gasteiger partial charge in [0.1, 0.15) is 6.04 Å². The molecule has 3 heterocycles. The van der Waals surface area contributed by atoms with Crippen molar-refractivity contribution in [3.05, 3.63) is 50.5 Å². The Hall–Kier alpha value is -3.40. The molecule has 0 radical (unpaired) electrons. The number of aryl methyl sites for hydroxylation is 2. The Kier molecular flexibility index (Phi) is 5.40. The summed E-state index contributed by atoms with van der Waals surface area (Å²) in [5, 5.41) is 5.84. The number of amides is 5. The molecule has 1 atom stereocenters. The van der Waals surface area contributed by atoms with E-state index in [0.29, 0.717) is 11.3 Å². The second-order valence-electron chi connectivity index (χ2n) is 7.48. The van der Waals surface area contributed by atoms with E-state index in [1.807, 2.05) is 13.8 Å². The molecule has 2 aliphatic heterocycles. The van der Waals surface area contributed by atoms with Gasteiger partial charge in [0.05, 0.1) is 28.2 Å². The van der Waals surface area contributed by atoms with Gasteiger partial charge in [-0.3, -0.25) is 34.2 Å². The molecule has 1 saturated heterocycles. The zero-order valence-corrected chi connectivity index (χ0v) is 17.8. The average Bonchev–Trinajstić information content (AvgIpc) is 3.16. The molecule has 2 aromatic rings. The summed E-state index contributed by atoms with van der Waals surface area (Å²) in [5.41, 5.74) is 1.57. The van der Waals surface area contributed by atoms with Crippen molar-refractivity contribution >= 4 is 40.9 Å². The Bertz CT molecular complexity index is 1140. The SMILES string of the molecule is Cc1nc(CC(=O)NCc2cccc3c2C(=O)N(C2CCC(=O)NC2=O)C3=O)c(C)s1. The lowest BCUT2D eigenvalue weighted by molar-refractivity contribution is -0.136. The van der Waals surface area contributed by atoms with Gasteiger partial charge in [0, 0.05) is 17.8 Å². The number of benzene rings is 1. The lowest BCUT2D eigenvalue weighted by Gasteiger charge is -2.27. The minimum absolute atomic E-state index is 0.0578. The highest BCUT2D eigenvalue weighted by atomic mass is 32.1. The fourth-order valence-electron chi connectivity index (χ4n) is 3.88. The second-order valence-corrected chi connectivity index (χ2v) is 8.88. The van der Waals surface area contributed by atoms with E-state index < -0.39 is 29.7 Å². The third-order valence-electron chi connectivity index (χ3n) is 5.36. The number of carbonyl (C=O) groups excluding carboxylic acids is 5. The number of aromatic nitrogens is 1. The summed E-state index contributed by atoms with van der Waals surface area (Å²) in [4.78, 5) is 68.1. The highest BCUT2D eigenvalue weighted by Gasteiger charge is 2.45. The first kappa shape index (κ1) is 20.9. The molecule has 2 aliphatic rings. The summed E-state index contributed by atoms with van der Waals surface area (Å²) >= 11 is 1.52. The van der Waals surface area contributed by atoms with Crippen LogP contribution in [0, 0.1) is 13.8 Å². The first-order valence-corrected chi connectivity index (χ1v) is 10.6.